The van der Waals surface area contributed by atoms with Gasteiger partial charge >= 0.3 is 0 Å². The molecule has 3 heteroatoms. The smallest absolute Gasteiger partial charge is 0.167 e. The molecule has 0 atom stereocenters. The van der Waals surface area contributed by atoms with Crippen molar-refractivity contribution in [1.82, 2.24) is 0 Å². The maximum atomic E-state index is 14.7. The van der Waals surface area contributed by atoms with Crippen LogP contribution in [0.15, 0.2) is 60.7 Å². The summed E-state index contributed by atoms with van der Waals surface area (Å²) in [6.07, 6.45) is 13.4. The lowest BCUT2D eigenvalue weighted by Crippen LogP contribution is -2.11. The van der Waals surface area contributed by atoms with Crippen molar-refractivity contribution in [3.05, 3.63) is 89.0 Å². The van der Waals surface area contributed by atoms with Crippen molar-refractivity contribution in [2.24, 2.45) is 5.92 Å². The van der Waals surface area contributed by atoms with Gasteiger partial charge in [-0.1, -0.05) is 55.8 Å². The third kappa shape index (κ3) is 5.63. The van der Waals surface area contributed by atoms with Crippen LogP contribution in [0.25, 0.3) is 10.8 Å². The first-order valence-corrected chi connectivity index (χ1v) is 12.3. The van der Waals surface area contributed by atoms with E-state index in [1.165, 1.54) is 51.2 Å². The van der Waals surface area contributed by atoms with Crippen LogP contribution in [0.3, 0.4) is 0 Å². The van der Waals surface area contributed by atoms with Crippen LogP contribution in [0.4, 0.5) is 8.78 Å². The van der Waals surface area contributed by atoms with Crippen LogP contribution in [0, 0.1) is 17.6 Å². The Morgan fingerprint density at radius 1 is 0.909 bits per heavy atom. The molecule has 1 nitrogen and oxygen atoms in total. The molecule has 1 aliphatic rings. The number of benzene rings is 3. The van der Waals surface area contributed by atoms with E-state index in [1.807, 2.05) is 0 Å². The minimum atomic E-state index is -0.795. The van der Waals surface area contributed by atoms with Gasteiger partial charge in [0.05, 0.1) is 7.11 Å². The van der Waals surface area contributed by atoms with Gasteiger partial charge in [-0.25, -0.2) is 8.78 Å². The zero-order valence-corrected chi connectivity index (χ0v) is 19.7. The summed E-state index contributed by atoms with van der Waals surface area (Å²) in [7, 11) is 1.52. The Morgan fingerprint density at radius 3 is 2.36 bits per heavy atom. The Kier molecular flexibility index (Phi) is 7.80. The number of hydrogen-bond donors (Lipinski definition) is 0. The maximum Gasteiger partial charge on any atom is 0.167 e. The van der Waals surface area contributed by atoms with E-state index >= 15 is 0 Å². The second kappa shape index (κ2) is 11.0. The molecule has 0 unspecified atom stereocenters. The lowest BCUT2D eigenvalue weighted by Gasteiger charge is -2.27. The number of hydrogen-bond acceptors (Lipinski definition) is 1. The van der Waals surface area contributed by atoms with Crippen LogP contribution in [-0.4, -0.2) is 7.11 Å². The molecule has 0 spiro atoms. The standard InChI is InChI=1S/C30H34F2O/c1-3-4-5-6-21-7-12-23(13-8-21)24-14-9-22(10-15-24)11-16-26-19-25-17-18-27(33-2)20-28(25)30(32)29(26)31/h5-6,9-10,14-15,17-21,23H,3-4,7-8,11-13,16H2,1-2H3/b6-5+. The Bertz CT molecular complexity index is 1090. The van der Waals surface area contributed by atoms with E-state index in [1.54, 1.807) is 24.3 Å². The summed E-state index contributed by atoms with van der Waals surface area (Å²) in [6.45, 7) is 2.22. The van der Waals surface area contributed by atoms with E-state index in [9.17, 15) is 8.78 Å². The van der Waals surface area contributed by atoms with E-state index < -0.39 is 11.6 Å². The first kappa shape index (κ1) is 23.5. The lowest BCUT2D eigenvalue weighted by molar-refractivity contribution is 0.375. The van der Waals surface area contributed by atoms with Crippen molar-refractivity contribution in [3.8, 4) is 5.75 Å². The number of fused-ring (bicyclic) bond motifs is 1. The van der Waals surface area contributed by atoms with Crippen molar-refractivity contribution < 1.29 is 13.5 Å². The fourth-order valence-corrected chi connectivity index (χ4v) is 5.01. The summed E-state index contributed by atoms with van der Waals surface area (Å²) >= 11 is 0. The first-order valence-electron chi connectivity index (χ1n) is 12.3. The van der Waals surface area contributed by atoms with Crippen molar-refractivity contribution in [2.45, 2.75) is 64.2 Å². The van der Waals surface area contributed by atoms with Crippen molar-refractivity contribution in [1.29, 1.82) is 0 Å². The van der Waals surface area contributed by atoms with E-state index in [2.05, 4.69) is 43.3 Å². The number of allylic oxidation sites excluding steroid dienone is 2. The van der Waals surface area contributed by atoms with Gasteiger partial charge in [-0.2, -0.15) is 0 Å². The third-order valence-corrected chi connectivity index (χ3v) is 7.07. The average molecular weight is 449 g/mol. The molecule has 4 rings (SSSR count). The predicted molar refractivity (Wildman–Crippen MR) is 133 cm³/mol. The van der Waals surface area contributed by atoms with E-state index in [0.29, 0.717) is 35.5 Å². The molecule has 0 aromatic heterocycles. The summed E-state index contributed by atoms with van der Waals surface area (Å²) in [6, 6.07) is 15.6. The maximum absolute atomic E-state index is 14.7. The minimum absolute atomic E-state index is 0.260. The molecule has 3 aromatic carbocycles. The molecule has 0 bridgehead atoms. The van der Waals surface area contributed by atoms with Gasteiger partial charge in [-0.3, -0.25) is 0 Å². The number of methoxy groups -OCH3 is 1. The summed E-state index contributed by atoms with van der Waals surface area (Å²) in [5, 5.41) is 0.954. The number of halogens is 2. The first-order chi connectivity index (χ1) is 16.1. The lowest BCUT2D eigenvalue weighted by atomic mass is 9.78. The van der Waals surface area contributed by atoms with Gasteiger partial charge in [0.25, 0.3) is 0 Å². The Labute approximate surface area is 196 Å². The molecule has 3 aromatic rings. The zero-order valence-electron chi connectivity index (χ0n) is 19.7. The fraction of sp³-hybridized carbons (Fsp3) is 0.400. The van der Waals surface area contributed by atoms with E-state index in [0.717, 1.165) is 11.5 Å². The molecule has 0 aliphatic heterocycles. The molecule has 0 amide bonds. The highest BCUT2D eigenvalue weighted by atomic mass is 19.2. The van der Waals surface area contributed by atoms with Gasteiger partial charge in [0.15, 0.2) is 11.6 Å². The molecular formula is C30H34F2O. The second-order valence-electron chi connectivity index (χ2n) is 9.32. The summed E-state index contributed by atoms with van der Waals surface area (Å²) < 4.78 is 34.5. The van der Waals surface area contributed by atoms with Crippen molar-refractivity contribution in [2.75, 3.05) is 7.11 Å². The van der Waals surface area contributed by atoms with Gasteiger partial charge in [0.2, 0.25) is 0 Å². The molecule has 0 N–H and O–H groups in total. The minimum Gasteiger partial charge on any atom is -0.497 e. The zero-order chi connectivity index (χ0) is 23.2. The van der Waals surface area contributed by atoms with Crippen LogP contribution in [0.1, 0.15) is 68.1 Å². The number of rotatable bonds is 8. The van der Waals surface area contributed by atoms with Crippen LogP contribution in [-0.2, 0) is 12.8 Å². The molecule has 33 heavy (non-hydrogen) atoms. The largest absolute Gasteiger partial charge is 0.497 e. The number of ether oxygens (including phenoxy) is 1. The van der Waals surface area contributed by atoms with Crippen LogP contribution in [0.2, 0.25) is 0 Å². The normalized spacial score (nSPS) is 18.8. The van der Waals surface area contributed by atoms with Crippen LogP contribution >= 0.6 is 0 Å². The van der Waals surface area contributed by atoms with Crippen LogP contribution < -0.4 is 4.74 Å². The molecule has 0 heterocycles. The molecule has 1 aliphatic carbocycles. The van der Waals surface area contributed by atoms with Crippen molar-refractivity contribution in [3.63, 3.8) is 0 Å². The Balaban J connectivity index is 1.37. The average Bonchev–Trinajstić information content (AvgIpc) is 2.86. The molecular weight excluding hydrogens is 414 g/mol. The van der Waals surface area contributed by atoms with Gasteiger partial charge in [0.1, 0.15) is 5.75 Å². The second-order valence-corrected chi connectivity index (χ2v) is 9.32. The van der Waals surface area contributed by atoms with Gasteiger partial charge < -0.3 is 4.74 Å². The highest BCUT2D eigenvalue weighted by Gasteiger charge is 2.21. The molecule has 1 fully saturated rings. The summed E-state index contributed by atoms with van der Waals surface area (Å²) in [5.41, 5.74) is 2.99. The SMILES string of the molecule is CCC/C=C/C1CCC(c2ccc(CCc3cc4ccc(OC)cc4c(F)c3F)cc2)CC1. The fourth-order valence-electron chi connectivity index (χ4n) is 5.01. The molecule has 0 saturated heterocycles. The van der Waals surface area contributed by atoms with Gasteiger partial charge in [0, 0.05) is 5.39 Å². The predicted octanol–water partition coefficient (Wildman–Crippen LogP) is 8.54. The molecule has 1 saturated carbocycles. The van der Waals surface area contributed by atoms with Crippen LogP contribution in [0.5, 0.6) is 5.75 Å². The van der Waals surface area contributed by atoms with Crippen molar-refractivity contribution >= 4 is 10.8 Å². The van der Waals surface area contributed by atoms with E-state index in [4.69, 9.17) is 4.74 Å². The third-order valence-electron chi connectivity index (χ3n) is 7.07. The van der Waals surface area contributed by atoms with Gasteiger partial charge in [-0.15, -0.1) is 0 Å². The topological polar surface area (TPSA) is 9.23 Å². The summed E-state index contributed by atoms with van der Waals surface area (Å²) in [4.78, 5) is 0. The molecule has 174 valence electrons. The Morgan fingerprint density at radius 2 is 1.67 bits per heavy atom. The quantitative estimate of drug-likeness (QED) is 0.314. The monoisotopic (exact) mass is 448 g/mol. The van der Waals surface area contributed by atoms with Gasteiger partial charge in [-0.05, 0) is 97.1 Å². The Hall–Kier alpha value is -2.68. The highest BCUT2D eigenvalue weighted by Crippen LogP contribution is 2.36. The molecule has 0 radical (unpaired) electrons. The highest BCUT2D eigenvalue weighted by molar-refractivity contribution is 5.85. The summed E-state index contributed by atoms with van der Waals surface area (Å²) in [5.74, 6) is 0.355. The van der Waals surface area contributed by atoms with E-state index in [-0.39, 0.29) is 5.39 Å². The number of unbranched alkanes of at least 4 members (excludes halogenated alkanes) is 1. The number of aryl methyl sites for hydroxylation is 2.